The Bertz CT molecular complexity index is 865. The van der Waals surface area contributed by atoms with Crippen LogP contribution in [0.25, 0.3) is 0 Å². The molecule has 0 aliphatic rings. The summed E-state index contributed by atoms with van der Waals surface area (Å²) >= 11 is 4.90. The lowest BCUT2D eigenvalue weighted by atomic mass is 10.1. The minimum atomic E-state index is -0.221. The molecule has 1 N–H and O–H groups in total. The van der Waals surface area contributed by atoms with Gasteiger partial charge in [0.25, 0.3) is 0 Å². The Morgan fingerprint density at radius 3 is 2.39 bits per heavy atom. The van der Waals surface area contributed by atoms with E-state index in [1.54, 1.807) is 7.05 Å². The van der Waals surface area contributed by atoms with Crippen molar-refractivity contribution in [1.82, 2.24) is 14.9 Å². The van der Waals surface area contributed by atoms with E-state index >= 15 is 0 Å². The molecular formula is C20H25BrN4O2S. The molecule has 1 heterocycles. The van der Waals surface area contributed by atoms with Crippen LogP contribution in [0, 0.1) is 20.8 Å². The summed E-state index contributed by atoms with van der Waals surface area (Å²) in [6.07, 6.45) is 2.81. The van der Waals surface area contributed by atoms with Crippen molar-refractivity contribution in [2.45, 2.75) is 38.8 Å². The number of hydrogen-bond acceptors (Lipinski definition) is 5. The van der Waals surface area contributed by atoms with E-state index in [0.29, 0.717) is 12.8 Å². The van der Waals surface area contributed by atoms with Crippen LogP contribution < -0.4 is 5.32 Å². The van der Waals surface area contributed by atoms with Crippen LogP contribution in [0.3, 0.4) is 0 Å². The predicted molar refractivity (Wildman–Crippen MR) is 117 cm³/mol. The number of rotatable bonds is 7. The largest absolute Gasteiger partial charge is 0.336 e. The van der Waals surface area contributed by atoms with Crippen molar-refractivity contribution in [3.05, 3.63) is 45.2 Å². The van der Waals surface area contributed by atoms with Crippen LogP contribution >= 0.6 is 27.7 Å². The molecule has 2 aromatic rings. The summed E-state index contributed by atoms with van der Waals surface area (Å²) in [7, 11) is 1.64. The lowest BCUT2D eigenvalue weighted by Gasteiger charge is -2.18. The topological polar surface area (TPSA) is 75.2 Å². The molecule has 2 amide bonds. The zero-order chi connectivity index (χ0) is 20.8. The molecule has 1 aromatic carbocycles. The number of carbonyl (C=O) groups excluding carboxylic acids is 2. The highest BCUT2D eigenvalue weighted by atomic mass is 79.9. The highest BCUT2D eigenvalue weighted by Gasteiger charge is 2.16. The minimum absolute atomic E-state index is 0.00815. The fourth-order valence-electron chi connectivity index (χ4n) is 2.85. The van der Waals surface area contributed by atoms with Crippen molar-refractivity contribution in [3.8, 4) is 0 Å². The highest BCUT2D eigenvalue weighted by molar-refractivity contribution is 9.10. The Labute approximate surface area is 178 Å². The second kappa shape index (κ2) is 10.0. The van der Waals surface area contributed by atoms with Gasteiger partial charge in [-0.05, 0) is 62.8 Å². The molecule has 6 nitrogen and oxygen atoms in total. The number of benzene rings is 1. The van der Waals surface area contributed by atoms with Gasteiger partial charge in [-0.1, -0.05) is 27.7 Å². The molecule has 0 saturated heterocycles. The zero-order valence-corrected chi connectivity index (χ0v) is 19.2. The normalized spacial score (nSPS) is 10.6. The number of anilines is 1. The van der Waals surface area contributed by atoms with Gasteiger partial charge >= 0.3 is 0 Å². The molecule has 0 spiro atoms. The number of nitrogens with one attached hydrogen (secondary N) is 1. The van der Waals surface area contributed by atoms with E-state index in [1.807, 2.05) is 45.2 Å². The maximum Gasteiger partial charge on any atom is 0.243 e. The molecule has 1 aromatic heterocycles. The first-order valence-corrected chi connectivity index (χ1v) is 10.9. The second-order valence-electron chi connectivity index (χ2n) is 6.62. The summed E-state index contributed by atoms with van der Waals surface area (Å²) in [6.45, 7) is 5.80. The number of nitrogens with zero attached hydrogens (tertiary/aromatic N) is 3. The third-order valence-electron chi connectivity index (χ3n) is 4.44. The summed E-state index contributed by atoms with van der Waals surface area (Å²) in [5.41, 5.74) is 4.49. The van der Waals surface area contributed by atoms with Gasteiger partial charge in [0.05, 0.1) is 6.54 Å². The third kappa shape index (κ3) is 6.04. The summed E-state index contributed by atoms with van der Waals surface area (Å²) in [4.78, 5) is 35.1. The maximum absolute atomic E-state index is 12.5. The summed E-state index contributed by atoms with van der Waals surface area (Å²) in [6, 6.07) is 5.63. The van der Waals surface area contributed by atoms with Gasteiger partial charge in [-0.2, -0.15) is 0 Å². The average Bonchev–Trinajstić information content (AvgIpc) is 2.62. The first-order chi connectivity index (χ1) is 13.2. The van der Waals surface area contributed by atoms with Crippen LogP contribution in [0.15, 0.2) is 27.8 Å². The number of halogens is 1. The Hall–Kier alpha value is -1.93. The van der Waals surface area contributed by atoms with Crippen molar-refractivity contribution in [3.63, 3.8) is 0 Å². The highest BCUT2D eigenvalue weighted by Crippen LogP contribution is 2.20. The first-order valence-electron chi connectivity index (χ1n) is 8.89. The number of likely N-dealkylation sites (N-methyl/N-ethyl adjacent to an activating group) is 1. The van der Waals surface area contributed by atoms with Crippen molar-refractivity contribution < 1.29 is 9.59 Å². The van der Waals surface area contributed by atoms with Crippen LogP contribution in [-0.4, -0.2) is 46.5 Å². The average molecular weight is 465 g/mol. The molecule has 150 valence electrons. The smallest absolute Gasteiger partial charge is 0.243 e. The molecule has 0 unspecified atom stereocenters. The van der Waals surface area contributed by atoms with Crippen molar-refractivity contribution in [2.75, 3.05) is 25.2 Å². The molecule has 0 aliphatic carbocycles. The fraction of sp³-hybridized carbons (Fsp3) is 0.400. The van der Waals surface area contributed by atoms with E-state index in [-0.39, 0.29) is 18.4 Å². The Morgan fingerprint density at radius 1 is 1.18 bits per heavy atom. The SMILES string of the molecule is CSc1nc(C)c(CCC(=O)N(C)CC(=O)Nc2ccc(Br)cc2C)c(C)n1. The van der Waals surface area contributed by atoms with Crippen LogP contribution in [0.2, 0.25) is 0 Å². The lowest BCUT2D eigenvalue weighted by molar-refractivity contribution is -0.133. The van der Waals surface area contributed by atoms with E-state index in [2.05, 4.69) is 31.2 Å². The fourth-order valence-corrected chi connectivity index (χ4v) is 3.78. The molecule has 0 fully saturated rings. The van der Waals surface area contributed by atoms with E-state index in [4.69, 9.17) is 0 Å². The summed E-state index contributed by atoms with van der Waals surface area (Å²) in [5, 5.41) is 3.59. The number of aryl methyl sites for hydroxylation is 3. The van der Waals surface area contributed by atoms with Gasteiger partial charge in [0, 0.05) is 35.0 Å². The van der Waals surface area contributed by atoms with Gasteiger partial charge in [0.1, 0.15) is 0 Å². The Balaban J connectivity index is 1.91. The first kappa shape index (κ1) is 22.4. The van der Waals surface area contributed by atoms with Crippen LogP contribution in [0.1, 0.15) is 28.9 Å². The quantitative estimate of drug-likeness (QED) is 0.496. The number of aromatic nitrogens is 2. The second-order valence-corrected chi connectivity index (χ2v) is 8.31. The van der Waals surface area contributed by atoms with Gasteiger partial charge in [-0.25, -0.2) is 9.97 Å². The van der Waals surface area contributed by atoms with E-state index in [9.17, 15) is 9.59 Å². The van der Waals surface area contributed by atoms with Crippen LogP contribution in [-0.2, 0) is 16.0 Å². The molecule has 0 aliphatic heterocycles. The molecule has 2 rings (SSSR count). The summed E-state index contributed by atoms with van der Waals surface area (Å²) in [5.74, 6) is -0.309. The number of hydrogen-bond donors (Lipinski definition) is 1. The molecule has 0 saturated carbocycles. The molecule has 8 heteroatoms. The van der Waals surface area contributed by atoms with Crippen molar-refractivity contribution in [2.24, 2.45) is 0 Å². The molecule has 0 bridgehead atoms. The van der Waals surface area contributed by atoms with Gasteiger partial charge in [-0.3, -0.25) is 9.59 Å². The Kier molecular flexibility index (Phi) is 8.00. The molecule has 0 radical (unpaired) electrons. The van der Waals surface area contributed by atoms with Crippen molar-refractivity contribution in [1.29, 1.82) is 0 Å². The van der Waals surface area contributed by atoms with E-state index in [0.717, 1.165) is 37.8 Å². The van der Waals surface area contributed by atoms with Gasteiger partial charge in [-0.15, -0.1) is 0 Å². The minimum Gasteiger partial charge on any atom is -0.336 e. The van der Waals surface area contributed by atoms with Crippen molar-refractivity contribution >= 4 is 45.2 Å². The van der Waals surface area contributed by atoms with Crippen LogP contribution in [0.4, 0.5) is 5.69 Å². The molecular weight excluding hydrogens is 440 g/mol. The third-order valence-corrected chi connectivity index (χ3v) is 5.48. The number of amides is 2. The standard InChI is InChI=1S/C20H25BrN4O2S/c1-12-10-15(21)6-8-17(12)24-18(26)11-25(4)19(27)9-7-16-13(2)22-20(28-5)23-14(16)3/h6,8,10H,7,9,11H2,1-5H3,(H,24,26). The number of carbonyl (C=O) groups is 2. The summed E-state index contributed by atoms with van der Waals surface area (Å²) < 4.78 is 0.954. The number of thioether (sulfide) groups is 1. The van der Waals surface area contributed by atoms with E-state index < -0.39 is 0 Å². The van der Waals surface area contributed by atoms with Gasteiger partial charge < -0.3 is 10.2 Å². The van der Waals surface area contributed by atoms with Gasteiger partial charge in [0.15, 0.2) is 5.16 Å². The monoisotopic (exact) mass is 464 g/mol. The predicted octanol–water partition coefficient (Wildman–Crippen LogP) is 3.92. The molecule has 28 heavy (non-hydrogen) atoms. The lowest BCUT2D eigenvalue weighted by Crippen LogP contribution is -2.35. The van der Waals surface area contributed by atoms with E-state index in [1.165, 1.54) is 16.7 Å². The molecule has 0 atom stereocenters. The maximum atomic E-state index is 12.5. The Morgan fingerprint density at radius 2 is 1.82 bits per heavy atom. The van der Waals surface area contributed by atoms with Crippen LogP contribution in [0.5, 0.6) is 0 Å². The van der Waals surface area contributed by atoms with Gasteiger partial charge in [0.2, 0.25) is 11.8 Å². The zero-order valence-electron chi connectivity index (χ0n) is 16.8.